The lowest BCUT2D eigenvalue weighted by Crippen LogP contribution is -2.42. The molecule has 0 spiro atoms. The molecule has 4 nitrogen and oxygen atoms in total. The van der Waals surface area contributed by atoms with Crippen LogP contribution >= 0.6 is 0 Å². The lowest BCUT2D eigenvalue weighted by molar-refractivity contribution is -0.120. The summed E-state index contributed by atoms with van der Waals surface area (Å²) in [6.45, 7) is 3.50. The Morgan fingerprint density at radius 3 is 2.58 bits per heavy atom. The molecule has 0 saturated carbocycles. The van der Waals surface area contributed by atoms with Crippen molar-refractivity contribution in [2.45, 2.75) is 45.3 Å². The minimum absolute atomic E-state index is 0.00347. The van der Waals surface area contributed by atoms with E-state index in [0.29, 0.717) is 5.75 Å². The van der Waals surface area contributed by atoms with Crippen molar-refractivity contribution in [2.75, 3.05) is 0 Å². The number of phenols is 1. The van der Waals surface area contributed by atoms with Crippen LogP contribution in [-0.4, -0.2) is 23.2 Å². The molecule has 126 valence electrons. The van der Waals surface area contributed by atoms with Gasteiger partial charge >= 0.3 is 0 Å². The Labute approximate surface area is 142 Å². The van der Waals surface area contributed by atoms with Crippen LogP contribution in [0.25, 0.3) is 0 Å². The summed E-state index contributed by atoms with van der Waals surface area (Å²) in [5.41, 5.74) is 3.63. The second kappa shape index (κ2) is 6.95. The van der Waals surface area contributed by atoms with Gasteiger partial charge in [-0.25, -0.2) is 0 Å². The van der Waals surface area contributed by atoms with Gasteiger partial charge in [0, 0.05) is 13.3 Å². The fourth-order valence-electron chi connectivity index (χ4n) is 3.10. The van der Waals surface area contributed by atoms with E-state index in [-0.39, 0.29) is 18.1 Å². The molecular weight excluding hydrogens is 302 g/mol. The first-order valence-electron chi connectivity index (χ1n) is 8.35. The SMILES string of the molecule is CC(=O)N[C@@H](C)[C@H]1Cc2ccc(CCc3ccc(O)cc3)cc2O1. The Balaban J connectivity index is 1.62. The number of hydrogen-bond donors (Lipinski definition) is 2. The lowest BCUT2D eigenvalue weighted by atomic mass is 10.0. The van der Waals surface area contributed by atoms with Gasteiger partial charge in [0.15, 0.2) is 0 Å². The van der Waals surface area contributed by atoms with Gasteiger partial charge in [0.05, 0.1) is 6.04 Å². The number of fused-ring (bicyclic) bond motifs is 1. The van der Waals surface area contributed by atoms with Crippen LogP contribution in [0.1, 0.15) is 30.5 Å². The maximum Gasteiger partial charge on any atom is 0.217 e. The summed E-state index contributed by atoms with van der Waals surface area (Å²) in [6.07, 6.45) is 2.67. The molecule has 0 radical (unpaired) electrons. The largest absolute Gasteiger partial charge is 0.508 e. The lowest BCUT2D eigenvalue weighted by Gasteiger charge is -2.19. The monoisotopic (exact) mass is 325 g/mol. The summed E-state index contributed by atoms with van der Waals surface area (Å²) in [7, 11) is 0. The quantitative estimate of drug-likeness (QED) is 0.888. The summed E-state index contributed by atoms with van der Waals surface area (Å²) >= 11 is 0. The Bertz CT molecular complexity index is 724. The van der Waals surface area contributed by atoms with Crippen LogP contribution in [0.3, 0.4) is 0 Å². The van der Waals surface area contributed by atoms with E-state index in [1.54, 1.807) is 12.1 Å². The van der Waals surface area contributed by atoms with E-state index < -0.39 is 0 Å². The molecule has 0 unspecified atom stereocenters. The molecule has 0 aliphatic carbocycles. The smallest absolute Gasteiger partial charge is 0.217 e. The van der Waals surface area contributed by atoms with Crippen LogP contribution in [-0.2, 0) is 24.1 Å². The second-order valence-electron chi connectivity index (χ2n) is 6.46. The molecular formula is C20H23NO3. The van der Waals surface area contributed by atoms with Crippen LogP contribution in [0.2, 0.25) is 0 Å². The maximum absolute atomic E-state index is 11.2. The first kappa shape index (κ1) is 16.4. The molecule has 1 amide bonds. The van der Waals surface area contributed by atoms with E-state index in [1.165, 1.54) is 23.6 Å². The molecule has 2 N–H and O–H groups in total. The fourth-order valence-corrected chi connectivity index (χ4v) is 3.10. The number of nitrogens with one attached hydrogen (secondary N) is 1. The van der Waals surface area contributed by atoms with Crippen molar-refractivity contribution in [3.05, 3.63) is 59.2 Å². The summed E-state index contributed by atoms with van der Waals surface area (Å²) in [5, 5.41) is 12.2. The molecule has 3 rings (SSSR count). The van der Waals surface area contributed by atoms with E-state index >= 15 is 0 Å². The number of aromatic hydroxyl groups is 1. The zero-order chi connectivity index (χ0) is 17.1. The number of ether oxygens (including phenoxy) is 1. The number of carbonyl (C=O) groups is 1. The molecule has 24 heavy (non-hydrogen) atoms. The standard InChI is InChI=1S/C20H23NO3/c1-13(21-14(2)22)19-12-17-8-5-16(11-20(17)24-19)4-3-15-6-9-18(23)10-7-15/h5-11,13,19,23H,3-4,12H2,1-2H3,(H,21,22)/t13-,19+/m0/s1. The van der Waals surface area contributed by atoms with Crippen LogP contribution in [0.15, 0.2) is 42.5 Å². The summed E-state index contributed by atoms with van der Waals surface area (Å²) in [4.78, 5) is 11.2. The second-order valence-corrected chi connectivity index (χ2v) is 6.46. The summed E-state index contributed by atoms with van der Waals surface area (Å²) < 4.78 is 6.03. The van der Waals surface area contributed by atoms with Crippen LogP contribution in [0.4, 0.5) is 0 Å². The van der Waals surface area contributed by atoms with E-state index in [1.807, 2.05) is 19.1 Å². The zero-order valence-corrected chi connectivity index (χ0v) is 14.1. The highest BCUT2D eigenvalue weighted by Crippen LogP contribution is 2.31. The minimum Gasteiger partial charge on any atom is -0.508 e. The van der Waals surface area contributed by atoms with Crippen molar-refractivity contribution in [3.8, 4) is 11.5 Å². The van der Waals surface area contributed by atoms with Gasteiger partial charge in [0.25, 0.3) is 0 Å². The van der Waals surface area contributed by atoms with Crippen molar-refractivity contribution < 1.29 is 14.6 Å². The number of amides is 1. The molecule has 0 fully saturated rings. The Kier molecular flexibility index (Phi) is 4.74. The van der Waals surface area contributed by atoms with Gasteiger partial charge in [-0.3, -0.25) is 4.79 Å². The number of benzene rings is 2. The third-order valence-electron chi connectivity index (χ3n) is 4.46. The Morgan fingerprint density at radius 2 is 1.88 bits per heavy atom. The molecule has 1 aliphatic heterocycles. The predicted molar refractivity (Wildman–Crippen MR) is 93.4 cm³/mol. The molecule has 0 bridgehead atoms. The highest BCUT2D eigenvalue weighted by Gasteiger charge is 2.28. The third-order valence-corrected chi connectivity index (χ3v) is 4.46. The van der Waals surface area contributed by atoms with E-state index in [2.05, 4.69) is 23.5 Å². The molecule has 2 atom stereocenters. The van der Waals surface area contributed by atoms with Gasteiger partial charge in [0.2, 0.25) is 5.91 Å². The average Bonchev–Trinajstić information content (AvgIpc) is 2.97. The highest BCUT2D eigenvalue weighted by atomic mass is 16.5. The molecule has 0 aromatic heterocycles. The Morgan fingerprint density at radius 1 is 1.21 bits per heavy atom. The number of rotatable bonds is 5. The number of aryl methyl sites for hydroxylation is 2. The van der Waals surface area contributed by atoms with E-state index in [4.69, 9.17) is 4.74 Å². The molecule has 2 aromatic carbocycles. The molecule has 2 aromatic rings. The van der Waals surface area contributed by atoms with Crippen LogP contribution in [0, 0.1) is 0 Å². The topological polar surface area (TPSA) is 58.6 Å². The van der Waals surface area contributed by atoms with E-state index in [9.17, 15) is 9.90 Å². The predicted octanol–water partition coefficient (Wildman–Crippen LogP) is 3.01. The Hall–Kier alpha value is -2.49. The maximum atomic E-state index is 11.2. The first-order valence-corrected chi connectivity index (χ1v) is 8.35. The highest BCUT2D eigenvalue weighted by molar-refractivity contribution is 5.73. The van der Waals surface area contributed by atoms with Crippen molar-refractivity contribution >= 4 is 5.91 Å². The van der Waals surface area contributed by atoms with Gasteiger partial charge in [-0.05, 0) is 54.7 Å². The van der Waals surface area contributed by atoms with E-state index in [0.717, 1.165) is 25.0 Å². The number of hydrogen-bond acceptors (Lipinski definition) is 3. The van der Waals surface area contributed by atoms with Crippen LogP contribution < -0.4 is 10.1 Å². The van der Waals surface area contributed by atoms with Gasteiger partial charge in [0.1, 0.15) is 17.6 Å². The zero-order valence-electron chi connectivity index (χ0n) is 14.1. The van der Waals surface area contributed by atoms with Crippen molar-refractivity contribution in [1.29, 1.82) is 0 Å². The van der Waals surface area contributed by atoms with Gasteiger partial charge in [-0.1, -0.05) is 24.3 Å². The molecule has 1 aliphatic rings. The normalized spacial score (nSPS) is 17.0. The summed E-state index contributed by atoms with van der Waals surface area (Å²) in [6, 6.07) is 13.7. The van der Waals surface area contributed by atoms with Crippen LogP contribution in [0.5, 0.6) is 11.5 Å². The molecule has 1 heterocycles. The molecule has 4 heteroatoms. The average molecular weight is 325 g/mol. The number of phenolic OH excluding ortho intramolecular Hbond substituents is 1. The molecule has 0 saturated heterocycles. The van der Waals surface area contributed by atoms with Crippen molar-refractivity contribution in [3.63, 3.8) is 0 Å². The third kappa shape index (κ3) is 3.88. The van der Waals surface area contributed by atoms with Crippen molar-refractivity contribution in [2.24, 2.45) is 0 Å². The summed E-state index contributed by atoms with van der Waals surface area (Å²) in [5.74, 6) is 1.20. The fraction of sp³-hybridized carbons (Fsp3) is 0.350. The first-order chi connectivity index (χ1) is 11.5. The van der Waals surface area contributed by atoms with Gasteiger partial charge in [-0.15, -0.1) is 0 Å². The van der Waals surface area contributed by atoms with Gasteiger partial charge in [-0.2, -0.15) is 0 Å². The minimum atomic E-state index is -0.0309. The van der Waals surface area contributed by atoms with Gasteiger partial charge < -0.3 is 15.2 Å². The number of carbonyl (C=O) groups excluding carboxylic acids is 1. The van der Waals surface area contributed by atoms with Crippen molar-refractivity contribution in [1.82, 2.24) is 5.32 Å².